The molecule has 36 heavy (non-hydrogen) atoms. The number of hydrogen-bond donors (Lipinski definition) is 0. The molecule has 6 bridgehead atoms. The van der Waals surface area contributed by atoms with Crippen LogP contribution in [0.1, 0.15) is 39.9 Å². The highest BCUT2D eigenvalue weighted by molar-refractivity contribution is 6.07. The summed E-state index contributed by atoms with van der Waals surface area (Å²) in [5.41, 5.74) is 2.64. The third-order valence-corrected chi connectivity index (χ3v) is 7.41. The van der Waals surface area contributed by atoms with E-state index in [0.717, 1.165) is 40.7 Å². The second-order valence-corrected chi connectivity index (χ2v) is 9.39. The third-order valence-electron chi connectivity index (χ3n) is 7.41. The fraction of sp³-hybridized carbons (Fsp3) is 0.214. The van der Waals surface area contributed by atoms with Crippen LogP contribution in [0, 0.1) is 11.3 Å². The molecule has 0 radical (unpaired) electrons. The predicted molar refractivity (Wildman–Crippen MR) is 132 cm³/mol. The molecule has 0 N–H and O–H groups in total. The van der Waals surface area contributed by atoms with Gasteiger partial charge in [-0.1, -0.05) is 24.3 Å². The molecule has 1 atom stereocenters. The molecule has 8 rings (SSSR count). The fourth-order valence-electron chi connectivity index (χ4n) is 5.65. The Labute approximate surface area is 206 Å². The van der Waals surface area contributed by atoms with Crippen LogP contribution >= 0.6 is 0 Å². The minimum Gasteiger partial charge on any atom is -0.456 e. The van der Waals surface area contributed by atoms with Crippen LogP contribution in [0.4, 0.5) is 5.69 Å². The summed E-state index contributed by atoms with van der Waals surface area (Å²) in [5.74, 6) is 1.58. The zero-order valence-corrected chi connectivity index (χ0v) is 19.3. The molecule has 1 saturated heterocycles. The number of anilines is 1. The van der Waals surface area contributed by atoms with Gasteiger partial charge in [-0.2, -0.15) is 5.26 Å². The summed E-state index contributed by atoms with van der Waals surface area (Å²) in [6, 6.07) is 19.3. The molecule has 1 fully saturated rings. The summed E-state index contributed by atoms with van der Waals surface area (Å²) < 4.78 is 8.27. The van der Waals surface area contributed by atoms with Gasteiger partial charge in [-0.05, 0) is 47.7 Å². The number of nitrogens with zero attached hydrogens (tertiary/aromatic N) is 5. The number of benzene rings is 3. The van der Waals surface area contributed by atoms with Crippen molar-refractivity contribution < 1.29 is 14.3 Å². The smallest absolute Gasteiger partial charge is 0.272 e. The normalized spacial score (nSPS) is 18.5. The standard InChI is InChI=1S/C28H21N5O3/c29-14-19-5-4-18-12-25(19)36-20-7-6-17-2-1-3-23(21(17)13-20)32-11-10-31(16-27(32)34)28(35)24-15-30-26-9-8-22(18)33(24)26/h1-7,12-13,15,22H,8-11,16H2. The van der Waals surface area contributed by atoms with Crippen LogP contribution in [0.5, 0.6) is 11.5 Å². The van der Waals surface area contributed by atoms with Gasteiger partial charge in [0.15, 0.2) is 0 Å². The van der Waals surface area contributed by atoms with Crippen LogP contribution in [0.15, 0.2) is 60.8 Å². The Kier molecular flexibility index (Phi) is 4.42. The molecule has 0 saturated carbocycles. The SMILES string of the molecule is N#Cc1ccc2cc1Oc1ccc3cccc(c3c1)N1CCN(CC1=O)C(=O)c1cnc3n1C2CC3. The molecule has 2 amide bonds. The van der Waals surface area contributed by atoms with Gasteiger partial charge < -0.3 is 19.1 Å². The Morgan fingerprint density at radius 3 is 2.83 bits per heavy atom. The monoisotopic (exact) mass is 475 g/mol. The second-order valence-electron chi connectivity index (χ2n) is 9.39. The zero-order valence-electron chi connectivity index (χ0n) is 19.3. The van der Waals surface area contributed by atoms with Gasteiger partial charge in [-0.3, -0.25) is 9.59 Å². The highest BCUT2D eigenvalue weighted by Crippen LogP contribution is 2.38. The van der Waals surface area contributed by atoms with E-state index in [4.69, 9.17) is 4.74 Å². The van der Waals surface area contributed by atoms with Crippen molar-refractivity contribution in [2.45, 2.75) is 18.9 Å². The van der Waals surface area contributed by atoms with Gasteiger partial charge in [0.25, 0.3) is 5.91 Å². The predicted octanol–water partition coefficient (Wildman–Crippen LogP) is 4.04. The summed E-state index contributed by atoms with van der Waals surface area (Å²) in [6.07, 6.45) is 3.16. The first-order valence-electron chi connectivity index (χ1n) is 12.0. The number of carbonyl (C=O) groups is 2. The largest absolute Gasteiger partial charge is 0.456 e. The van der Waals surface area contributed by atoms with Crippen molar-refractivity contribution in [1.82, 2.24) is 14.5 Å². The van der Waals surface area contributed by atoms with Crippen molar-refractivity contribution >= 4 is 28.3 Å². The number of carbonyl (C=O) groups excluding carboxylic acids is 2. The first-order chi connectivity index (χ1) is 17.6. The van der Waals surface area contributed by atoms with Crippen LogP contribution in [0.3, 0.4) is 0 Å². The first kappa shape index (κ1) is 20.7. The number of nitriles is 1. The summed E-state index contributed by atoms with van der Waals surface area (Å²) in [7, 11) is 0. The van der Waals surface area contributed by atoms with Crippen LogP contribution in [-0.2, 0) is 11.2 Å². The summed E-state index contributed by atoms with van der Waals surface area (Å²) in [6.45, 7) is 0.845. The second kappa shape index (κ2) is 7.68. The molecular weight excluding hydrogens is 454 g/mol. The highest BCUT2D eigenvalue weighted by Gasteiger charge is 2.35. The molecule has 4 aromatic rings. The zero-order chi connectivity index (χ0) is 24.4. The van der Waals surface area contributed by atoms with Gasteiger partial charge >= 0.3 is 0 Å². The summed E-state index contributed by atoms with van der Waals surface area (Å²) in [5, 5.41) is 11.6. The Balaban J connectivity index is 1.45. The molecule has 1 aromatic heterocycles. The lowest BCUT2D eigenvalue weighted by Crippen LogP contribution is -2.52. The molecule has 4 aliphatic heterocycles. The maximum absolute atomic E-state index is 13.6. The molecule has 0 aliphatic carbocycles. The Bertz CT molecular complexity index is 1630. The lowest BCUT2D eigenvalue weighted by Gasteiger charge is -2.35. The van der Waals surface area contributed by atoms with Gasteiger partial charge in [0.1, 0.15) is 35.6 Å². The number of ether oxygens (including phenoxy) is 1. The van der Waals surface area contributed by atoms with E-state index in [2.05, 4.69) is 11.1 Å². The number of piperazine rings is 1. The number of fused-ring (bicyclic) bond motifs is 2. The van der Waals surface area contributed by atoms with Crippen molar-refractivity contribution in [2.75, 3.05) is 24.5 Å². The maximum Gasteiger partial charge on any atom is 0.272 e. The fourth-order valence-corrected chi connectivity index (χ4v) is 5.65. The molecule has 8 heteroatoms. The number of hydrogen-bond acceptors (Lipinski definition) is 5. The maximum atomic E-state index is 13.6. The van der Waals surface area contributed by atoms with Gasteiger partial charge in [-0.15, -0.1) is 0 Å². The Hall–Kier alpha value is -4.64. The number of aromatic nitrogens is 2. The Morgan fingerprint density at radius 1 is 1.06 bits per heavy atom. The Morgan fingerprint density at radius 2 is 1.97 bits per heavy atom. The van der Waals surface area contributed by atoms with Gasteiger partial charge in [0.2, 0.25) is 5.91 Å². The minimum atomic E-state index is -0.189. The van der Waals surface area contributed by atoms with E-state index in [9.17, 15) is 14.9 Å². The van der Waals surface area contributed by atoms with Gasteiger partial charge in [0, 0.05) is 24.9 Å². The van der Waals surface area contributed by atoms with E-state index in [0.29, 0.717) is 35.8 Å². The number of rotatable bonds is 0. The number of aryl methyl sites for hydroxylation is 1. The highest BCUT2D eigenvalue weighted by atomic mass is 16.5. The lowest BCUT2D eigenvalue weighted by molar-refractivity contribution is -0.120. The van der Waals surface area contributed by atoms with Crippen molar-refractivity contribution in [1.29, 1.82) is 5.26 Å². The number of imidazole rings is 1. The van der Waals surface area contributed by atoms with Crippen LogP contribution in [-0.4, -0.2) is 45.9 Å². The average molecular weight is 476 g/mol. The van der Waals surface area contributed by atoms with E-state index in [1.54, 1.807) is 22.1 Å². The van der Waals surface area contributed by atoms with E-state index in [1.165, 1.54) is 0 Å². The van der Waals surface area contributed by atoms with Crippen LogP contribution in [0.25, 0.3) is 10.8 Å². The van der Waals surface area contributed by atoms with Crippen molar-refractivity contribution in [3.05, 3.63) is 83.4 Å². The van der Waals surface area contributed by atoms with Crippen molar-refractivity contribution in [2.24, 2.45) is 0 Å². The summed E-state index contributed by atoms with van der Waals surface area (Å²) in [4.78, 5) is 34.8. The minimum absolute atomic E-state index is 0.0115. The molecular formula is C28H21N5O3. The quantitative estimate of drug-likeness (QED) is 0.383. The molecule has 3 aromatic carbocycles. The topological polar surface area (TPSA) is 91.5 Å². The molecule has 4 aliphatic rings. The van der Waals surface area contributed by atoms with Crippen LogP contribution < -0.4 is 9.64 Å². The lowest BCUT2D eigenvalue weighted by atomic mass is 10.0. The average Bonchev–Trinajstić information content (AvgIpc) is 3.50. The number of amides is 2. The first-order valence-corrected chi connectivity index (χ1v) is 12.0. The van der Waals surface area contributed by atoms with E-state index in [-0.39, 0.29) is 24.4 Å². The van der Waals surface area contributed by atoms with E-state index < -0.39 is 0 Å². The van der Waals surface area contributed by atoms with E-state index >= 15 is 0 Å². The van der Waals surface area contributed by atoms with Crippen LogP contribution in [0.2, 0.25) is 0 Å². The van der Waals surface area contributed by atoms with Gasteiger partial charge in [-0.25, -0.2) is 4.98 Å². The summed E-state index contributed by atoms with van der Waals surface area (Å²) >= 11 is 0. The van der Waals surface area contributed by atoms with E-state index in [1.807, 2.05) is 53.1 Å². The molecule has 5 heterocycles. The third kappa shape index (κ3) is 3.02. The molecule has 176 valence electrons. The molecule has 8 nitrogen and oxygen atoms in total. The molecule has 0 spiro atoms. The molecule has 1 unspecified atom stereocenters. The van der Waals surface area contributed by atoms with Crippen molar-refractivity contribution in [3.8, 4) is 17.6 Å². The van der Waals surface area contributed by atoms with Crippen molar-refractivity contribution in [3.63, 3.8) is 0 Å². The van der Waals surface area contributed by atoms with Gasteiger partial charge in [0.05, 0.1) is 23.5 Å².